The molecule has 4 aliphatic carbocycles. The Labute approximate surface area is 170 Å². The van der Waals surface area contributed by atoms with E-state index < -0.39 is 0 Å². The Balaban J connectivity index is 1.30. The van der Waals surface area contributed by atoms with Crippen LogP contribution in [0.15, 0.2) is 27.9 Å². The monoisotopic (exact) mass is 397 g/mol. The lowest BCUT2D eigenvalue weighted by molar-refractivity contribution is -0.0120. The van der Waals surface area contributed by atoms with E-state index in [1.165, 1.54) is 32.1 Å². The molecule has 2 aromatic heterocycles. The van der Waals surface area contributed by atoms with Crippen LogP contribution in [0.2, 0.25) is 0 Å². The lowest BCUT2D eigenvalue weighted by Crippen LogP contribution is -2.55. The second-order valence-corrected chi connectivity index (χ2v) is 9.84. The predicted octanol–water partition coefficient (Wildman–Crippen LogP) is 4.53. The molecule has 6 heteroatoms. The largest absolute Gasteiger partial charge is 0.361 e. The number of nitrogens with zero attached hydrogens (tertiary/aromatic N) is 2. The number of aryl methyl sites for hydroxylation is 2. The van der Waals surface area contributed by atoms with Crippen molar-refractivity contribution in [2.24, 2.45) is 23.7 Å². The molecule has 5 nitrogen and oxygen atoms in total. The first-order chi connectivity index (χ1) is 13.6. The Morgan fingerprint density at radius 3 is 2.54 bits per heavy atom. The summed E-state index contributed by atoms with van der Waals surface area (Å²) in [6.07, 6.45) is 8.41. The smallest absolute Gasteiger partial charge is 0.254 e. The molecule has 0 radical (unpaired) electrons. The summed E-state index contributed by atoms with van der Waals surface area (Å²) in [5.74, 6) is 4.75. The van der Waals surface area contributed by atoms with Gasteiger partial charge in [0.05, 0.1) is 11.3 Å². The van der Waals surface area contributed by atoms with E-state index in [-0.39, 0.29) is 5.91 Å². The maximum Gasteiger partial charge on any atom is 0.254 e. The van der Waals surface area contributed by atoms with Gasteiger partial charge in [-0.3, -0.25) is 4.79 Å². The number of carbonyl (C=O) groups is 1. The van der Waals surface area contributed by atoms with Crippen molar-refractivity contribution in [3.05, 3.63) is 40.9 Å². The van der Waals surface area contributed by atoms with Crippen LogP contribution in [0.25, 0.3) is 0 Å². The zero-order chi connectivity index (χ0) is 19.3. The second kappa shape index (κ2) is 7.21. The minimum Gasteiger partial charge on any atom is -0.361 e. The Morgan fingerprint density at radius 1 is 1.18 bits per heavy atom. The molecular formula is C22H27N3O2S. The van der Waals surface area contributed by atoms with Crippen molar-refractivity contribution in [3.8, 4) is 0 Å². The molecule has 0 aliphatic heterocycles. The van der Waals surface area contributed by atoms with E-state index >= 15 is 0 Å². The van der Waals surface area contributed by atoms with Crippen molar-refractivity contribution in [2.45, 2.75) is 62.8 Å². The summed E-state index contributed by atoms with van der Waals surface area (Å²) >= 11 is 1.58. The fourth-order valence-corrected chi connectivity index (χ4v) is 7.06. The zero-order valence-electron chi connectivity index (χ0n) is 16.5. The average Bonchev–Trinajstić information content (AvgIpc) is 3.00. The van der Waals surface area contributed by atoms with E-state index in [9.17, 15) is 4.79 Å². The van der Waals surface area contributed by atoms with Crippen LogP contribution in [0, 0.1) is 37.5 Å². The SMILES string of the molecule is Cc1noc(C)c1CSc1ncccc1C(=O)NC1C2CC3CC(C2)CC1C3. The van der Waals surface area contributed by atoms with Crippen LogP contribution < -0.4 is 5.32 Å². The summed E-state index contributed by atoms with van der Waals surface area (Å²) in [6, 6.07) is 4.10. The number of thioether (sulfide) groups is 1. The molecule has 4 bridgehead atoms. The van der Waals surface area contributed by atoms with Gasteiger partial charge >= 0.3 is 0 Å². The number of nitrogens with one attached hydrogen (secondary N) is 1. The van der Waals surface area contributed by atoms with Gasteiger partial charge in [0.1, 0.15) is 10.8 Å². The van der Waals surface area contributed by atoms with Crippen molar-refractivity contribution >= 4 is 17.7 Å². The van der Waals surface area contributed by atoms with Gasteiger partial charge in [-0.25, -0.2) is 4.98 Å². The summed E-state index contributed by atoms with van der Waals surface area (Å²) in [5, 5.41) is 8.21. The van der Waals surface area contributed by atoms with Crippen LogP contribution in [0.3, 0.4) is 0 Å². The molecule has 0 aromatic carbocycles. The zero-order valence-corrected chi connectivity index (χ0v) is 17.3. The molecule has 4 aliphatic rings. The highest BCUT2D eigenvalue weighted by atomic mass is 32.2. The molecule has 0 unspecified atom stereocenters. The minimum absolute atomic E-state index is 0.0341. The third-order valence-electron chi connectivity index (χ3n) is 7.07. The quantitative estimate of drug-likeness (QED) is 0.751. The van der Waals surface area contributed by atoms with E-state index in [1.807, 2.05) is 26.0 Å². The minimum atomic E-state index is 0.0341. The maximum absolute atomic E-state index is 13.2. The number of aromatic nitrogens is 2. The predicted molar refractivity (Wildman–Crippen MR) is 108 cm³/mol. The summed E-state index contributed by atoms with van der Waals surface area (Å²) in [4.78, 5) is 17.7. The molecule has 0 spiro atoms. The lowest BCUT2D eigenvalue weighted by atomic mass is 9.54. The molecule has 1 N–H and O–H groups in total. The van der Waals surface area contributed by atoms with Gasteiger partial charge in [-0.05, 0) is 81.8 Å². The standard InChI is InChI=1S/C22H27N3O2S/c1-12-19(13(2)27-25-12)11-28-22-18(4-3-5-23-22)21(26)24-20-16-7-14-6-15(9-16)10-17(20)8-14/h3-5,14-17,20H,6-11H2,1-2H3,(H,24,26). The number of hydrogen-bond donors (Lipinski definition) is 1. The van der Waals surface area contributed by atoms with E-state index in [0.717, 1.165) is 33.9 Å². The molecule has 4 saturated carbocycles. The molecule has 0 atom stereocenters. The maximum atomic E-state index is 13.2. The molecule has 148 valence electrons. The summed E-state index contributed by atoms with van der Waals surface area (Å²) in [7, 11) is 0. The van der Waals surface area contributed by atoms with Crippen molar-refractivity contribution in [2.75, 3.05) is 0 Å². The van der Waals surface area contributed by atoms with Gasteiger partial charge < -0.3 is 9.84 Å². The third-order valence-corrected chi connectivity index (χ3v) is 8.11. The lowest BCUT2D eigenvalue weighted by Gasteiger charge is -2.54. The van der Waals surface area contributed by atoms with Crippen molar-refractivity contribution < 1.29 is 9.32 Å². The van der Waals surface area contributed by atoms with Crippen LogP contribution in [0.4, 0.5) is 0 Å². The fourth-order valence-electron chi connectivity index (χ4n) is 5.92. The molecule has 6 rings (SSSR count). The van der Waals surface area contributed by atoms with Gasteiger partial charge in [0, 0.05) is 23.6 Å². The Kier molecular flexibility index (Phi) is 4.69. The topological polar surface area (TPSA) is 68.0 Å². The van der Waals surface area contributed by atoms with Crippen molar-refractivity contribution in [3.63, 3.8) is 0 Å². The van der Waals surface area contributed by atoms with Crippen LogP contribution >= 0.6 is 11.8 Å². The van der Waals surface area contributed by atoms with Gasteiger partial charge in [0.15, 0.2) is 0 Å². The third kappa shape index (κ3) is 3.25. The Hall–Kier alpha value is -1.82. The van der Waals surface area contributed by atoms with Gasteiger partial charge in [-0.15, -0.1) is 11.8 Å². The van der Waals surface area contributed by atoms with Crippen LogP contribution in [0.1, 0.15) is 59.5 Å². The highest BCUT2D eigenvalue weighted by molar-refractivity contribution is 7.98. The molecule has 2 heterocycles. The van der Waals surface area contributed by atoms with E-state index in [1.54, 1.807) is 18.0 Å². The molecule has 1 amide bonds. The van der Waals surface area contributed by atoms with Crippen LogP contribution in [0.5, 0.6) is 0 Å². The number of amides is 1. The number of hydrogen-bond acceptors (Lipinski definition) is 5. The fraction of sp³-hybridized carbons (Fsp3) is 0.591. The van der Waals surface area contributed by atoms with Crippen molar-refractivity contribution in [1.82, 2.24) is 15.5 Å². The molecular weight excluding hydrogens is 370 g/mol. The van der Waals surface area contributed by atoms with Crippen molar-refractivity contribution in [1.29, 1.82) is 0 Å². The Morgan fingerprint density at radius 2 is 1.89 bits per heavy atom. The highest BCUT2D eigenvalue weighted by Crippen LogP contribution is 2.53. The molecule has 0 saturated heterocycles. The first kappa shape index (κ1) is 18.2. The van der Waals surface area contributed by atoms with Gasteiger partial charge in [-0.2, -0.15) is 0 Å². The highest BCUT2D eigenvalue weighted by Gasteiger charge is 2.48. The molecule has 2 aromatic rings. The average molecular weight is 398 g/mol. The van der Waals surface area contributed by atoms with Gasteiger partial charge in [-0.1, -0.05) is 5.16 Å². The van der Waals surface area contributed by atoms with E-state index in [0.29, 0.717) is 29.2 Å². The first-order valence-corrected chi connectivity index (χ1v) is 11.4. The number of rotatable bonds is 5. The summed E-state index contributed by atoms with van der Waals surface area (Å²) in [5.41, 5.74) is 2.68. The van der Waals surface area contributed by atoms with E-state index in [4.69, 9.17) is 4.52 Å². The van der Waals surface area contributed by atoms with Gasteiger partial charge in [0.25, 0.3) is 5.91 Å². The second-order valence-electron chi connectivity index (χ2n) is 8.88. The van der Waals surface area contributed by atoms with Crippen LogP contribution in [-0.4, -0.2) is 22.1 Å². The van der Waals surface area contributed by atoms with Crippen LogP contribution in [-0.2, 0) is 5.75 Å². The number of carbonyl (C=O) groups excluding carboxylic acids is 1. The summed E-state index contributed by atoms with van der Waals surface area (Å²) in [6.45, 7) is 3.87. The van der Waals surface area contributed by atoms with E-state index in [2.05, 4.69) is 15.5 Å². The number of pyridine rings is 1. The normalized spacial score (nSPS) is 30.6. The first-order valence-electron chi connectivity index (χ1n) is 10.4. The van der Waals surface area contributed by atoms with Gasteiger partial charge in [0.2, 0.25) is 0 Å². The molecule has 28 heavy (non-hydrogen) atoms. The molecule has 4 fully saturated rings. The Bertz CT molecular complexity index is 846. The summed E-state index contributed by atoms with van der Waals surface area (Å²) < 4.78 is 5.25.